The van der Waals surface area contributed by atoms with Gasteiger partial charge in [-0.25, -0.2) is 4.98 Å². The number of amides is 1. The fraction of sp³-hybridized carbons (Fsp3) is 0.692. The maximum Gasteiger partial charge on any atom is 0.243 e. The normalized spacial score (nSPS) is 22.2. The molecule has 19 heavy (non-hydrogen) atoms. The molecule has 2 heterocycles. The fourth-order valence-corrected chi connectivity index (χ4v) is 2.92. The number of thiazole rings is 1. The van der Waals surface area contributed by atoms with Crippen LogP contribution in [0.2, 0.25) is 0 Å². The third kappa shape index (κ3) is 3.52. The lowest BCUT2D eigenvalue weighted by atomic mass is 10.2. The molecule has 5 nitrogen and oxygen atoms in total. The second kappa shape index (κ2) is 5.98. The van der Waals surface area contributed by atoms with Gasteiger partial charge in [0.25, 0.3) is 0 Å². The standard InChI is InChI=1S/C13H21N3O2S/c1-8-7-16(5-6-18-8)10(3)12(17)15-13-14-9(2)11(4)19-13/h8,10H,5-7H2,1-4H3,(H,14,15,17)/t8-,10+/m1/s1. The molecular weight excluding hydrogens is 262 g/mol. The first kappa shape index (κ1) is 14.4. The Kier molecular flexibility index (Phi) is 4.54. The van der Waals surface area contributed by atoms with E-state index < -0.39 is 0 Å². The summed E-state index contributed by atoms with van der Waals surface area (Å²) < 4.78 is 5.49. The molecule has 0 unspecified atom stereocenters. The molecule has 0 radical (unpaired) electrons. The topological polar surface area (TPSA) is 54.5 Å². The Bertz CT molecular complexity index is 441. The van der Waals surface area contributed by atoms with Gasteiger partial charge < -0.3 is 10.1 Å². The van der Waals surface area contributed by atoms with E-state index in [2.05, 4.69) is 15.2 Å². The monoisotopic (exact) mass is 283 g/mol. The number of ether oxygens (including phenoxy) is 1. The number of morpholine rings is 1. The molecule has 0 spiro atoms. The number of aromatic nitrogens is 1. The van der Waals surface area contributed by atoms with Crippen LogP contribution in [0.3, 0.4) is 0 Å². The van der Waals surface area contributed by atoms with Crippen molar-refractivity contribution in [2.75, 3.05) is 25.0 Å². The van der Waals surface area contributed by atoms with Crippen molar-refractivity contribution in [3.63, 3.8) is 0 Å². The van der Waals surface area contributed by atoms with Crippen LogP contribution in [0.15, 0.2) is 0 Å². The fourth-order valence-electron chi connectivity index (χ4n) is 2.10. The molecule has 1 aliphatic heterocycles. The third-order valence-corrected chi connectivity index (χ3v) is 4.45. The number of anilines is 1. The van der Waals surface area contributed by atoms with Crippen LogP contribution in [0, 0.1) is 13.8 Å². The van der Waals surface area contributed by atoms with E-state index in [1.165, 1.54) is 11.3 Å². The van der Waals surface area contributed by atoms with Gasteiger partial charge in [0.05, 0.1) is 24.4 Å². The zero-order valence-electron chi connectivity index (χ0n) is 11.9. The molecule has 106 valence electrons. The highest BCUT2D eigenvalue weighted by Crippen LogP contribution is 2.21. The summed E-state index contributed by atoms with van der Waals surface area (Å²) in [7, 11) is 0. The second-order valence-corrected chi connectivity index (χ2v) is 6.21. The molecule has 1 aromatic heterocycles. The lowest BCUT2D eigenvalue weighted by molar-refractivity contribution is -0.123. The zero-order chi connectivity index (χ0) is 14.0. The number of carbonyl (C=O) groups is 1. The molecule has 1 saturated heterocycles. The summed E-state index contributed by atoms with van der Waals surface area (Å²) in [5.74, 6) is 0.00264. The zero-order valence-corrected chi connectivity index (χ0v) is 12.7. The van der Waals surface area contributed by atoms with Crippen molar-refractivity contribution in [2.24, 2.45) is 0 Å². The first-order valence-electron chi connectivity index (χ1n) is 6.58. The van der Waals surface area contributed by atoms with Crippen molar-refractivity contribution >= 4 is 22.4 Å². The van der Waals surface area contributed by atoms with Gasteiger partial charge in [-0.2, -0.15) is 0 Å². The van der Waals surface area contributed by atoms with Gasteiger partial charge in [0, 0.05) is 18.0 Å². The van der Waals surface area contributed by atoms with E-state index >= 15 is 0 Å². The first-order valence-corrected chi connectivity index (χ1v) is 7.39. The van der Waals surface area contributed by atoms with Crippen LogP contribution >= 0.6 is 11.3 Å². The van der Waals surface area contributed by atoms with Crippen LogP contribution in [0.25, 0.3) is 0 Å². The van der Waals surface area contributed by atoms with Crippen LogP contribution in [0.4, 0.5) is 5.13 Å². The average Bonchev–Trinajstić information content (AvgIpc) is 2.67. The summed E-state index contributed by atoms with van der Waals surface area (Å²) in [5, 5.41) is 3.59. The quantitative estimate of drug-likeness (QED) is 0.919. The third-order valence-electron chi connectivity index (χ3n) is 3.46. The number of nitrogens with one attached hydrogen (secondary N) is 1. The highest BCUT2D eigenvalue weighted by molar-refractivity contribution is 7.15. The number of rotatable bonds is 3. The van der Waals surface area contributed by atoms with E-state index in [1.807, 2.05) is 27.7 Å². The van der Waals surface area contributed by atoms with Gasteiger partial charge >= 0.3 is 0 Å². The molecule has 6 heteroatoms. The Morgan fingerprint density at radius 3 is 2.89 bits per heavy atom. The van der Waals surface area contributed by atoms with Gasteiger partial charge in [-0.1, -0.05) is 0 Å². The maximum absolute atomic E-state index is 12.2. The van der Waals surface area contributed by atoms with E-state index in [9.17, 15) is 4.79 Å². The van der Waals surface area contributed by atoms with Gasteiger partial charge in [0.1, 0.15) is 0 Å². The van der Waals surface area contributed by atoms with Crippen LogP contribution in [0.5, 0.6) is 0 Å². The lowest BCUT2D eigenvalue weighted by Gasteiger charge is -2.34. The number of hydrogen-bond acceptors (Lipinski definition) is 5. The minimum atomic E-state index is -0.157. The first-order chi connectivity index (χ1) is 8.97. The van der Waals surface area contributed by atoms with E-state index in [0.717, 1.165) is 23.7 Å². The molecule has 0 saturated carbocycles. The second-order valence-electron chi connectivity index (χ2n) is 5.00. The minimum absolute atomic E-state index is 0.00264. The van der Waals surface area contributed by atoms with E-state index in [-0.39, 0.29) is 18.1 Å². The lowest BCUT2D eigenvalue weighted by Crippen LogP contribution is -2.50. The molecule has 1 aliphatic rings. The molecule has 0 bridgehead atoms. The van der Waals surface area contributed by atoms with Crippen LogP contribution in [0.1, 0.15) is 24.4 Å². The van der Waals surface area contributed by atoms with Gasteiger partial charge in [0.2, 0.25) is 5.91 Å². The Morgan fingerprint density at radius 1 is 1.58 bits per heavy atom. The Hall–Kier alpha value is -0.980. The number of hydrogen-bond donors (Lipinski definition) is 1. The summed E-state index contributed by atoms with van der Waals surface area (Å²) in [6.45, 7) is 10.2. The summed E-state index contributed by atoms with van der Waals surface area (Å²) in [6.07, 6.45) is 0.188. The van der Waals surface area contributed by atoms with Crippen molar-refractivity contribution in [3.8, 4) is 0 Å². The predicted octanol–water partition coefficient (Wildman–Crippen LogP) is 1.81. The summed E-state index contributed by atoms with van der Waals surface area (Å²) in [4.78, 5) is 19.8. The molecule has 0 aliphatic carbocycles. The van der Waals surface area contributed by atoms with E-state index in [4.69, 9.17) is 4.74 Å². The average molecular weight is 283 g/mol. The van der Waals surface area contributed by atoms with Crippen molar-refractivity contribution in [2.45, 2.75) is 39.8 Å². The Labute approximate surface area is 118 Å². The molecular formula is C13H21N3O2S. The van der Waals surface area contributed by atoms with Crippen LogP contribution in [-0.2, 0) is 9.53 Å². The van der Waals surface area contributed by atoms with Crippen molar-refractivity contribution < 1.29 is 9.53 Å². The maximum atomic E-state index is 12.2. The van der Waals surface area contributed by atoms with Crippen LogP contribution in [-0.4, -0.2) is 47.6 Å². The molecule has 0 aromatic carbocycles. The summed E-state index contributed by atoms with van der Waals surface area (Å²) in [5.41, 5.74) is 0.980. The highest BCUT2D eigenvalue weighted by Gasteiger charge is 2.26. The smallest absolute Gasteiger partial charge is 0.243 e. The summed E-state index contributed by atoms with van der Waals surface area (Å²) in [6, 6.07) is -0.157. The molecule has 1 N–H and O–H groups in total. The molecule has 1 fully saturated rings. The minimum Gasteiger partial charge on any atom is -0.376 e. The number of carbonyl (C=O) groups excluding carboxylic acids is 1. The number of aryl methyl sites for hydroxylation is 2. The summed E-state index contributed by atoms with van der Waals surface area (Å²) >= 11 is 1.52. The number of nitrogens with zero attached hydrogens (tertiary/aromatic N) is 2. The Morgan fingerprint density at radius 2 is 2.32 bits per heavy atom. The van der Waals surface area contributed by atoms with Gasteiger partial charge in [-0.15, -0.1) is 11.3 Å². The molecule has 1 aromatic rings. The van der Waals surface area contributed by atoms with Crippen LogP contribution < -0.4 is 5.32 Å². The SMILES string of the molecule is Cc1nc(NC(=O)[C@H](C)N2CCO[C@H](C)C2)sc1C. The highest BCUT2D eigenvalue weighted by atomic mass is 32.1. The van der Waals surface area contributed by atoms with Gasteiger partial charge in [-0.3, -0.25) is 9.69 Å². The van der Waals surface area contributed by atoms with Gasteiger partial charge in [-0.05, 0) is 27.7 Å². The van der Waals surface area contributed by atoms with Crippen molar-refractivity contribution in [3.05, 3.63) is 10.6 Å². The van der Waals surface area contributed by atoms with E-state index in [1.54, 1.807) is 0 Å². The van der Waals surface area contributed by atoms with Crippen molar-refractivity contribution in [1.29, 1.82) is 0 Å². The molecule has 2 rings (SSSR count). The predicted molar refractivity (Wildman–Crippen MR) is 76.7 cm³/mol. The van der Waals surface area contributed by atoms with Gasteiger partial charge in [0.15, 0.2) is 5.13 Å². The van der Waals surface area contributed by atoms with Crippen molar-refractivity contribution in [1.82, 2.24) is 9.88 Å². The largest absolute Gasteiger partial charge is 0.376 e. The molecule has 1 amide bonds. The molecule has 2 atom stereocenters. The Balaban J connectivity index is 1.95. The van der Waals surface area contributed by atoms with E-state index in [0.29, 0.717) is 11.7 Å².